The number of aliphatic hydroxyl groups is 1. The molecule has 15 heavy (non-hydrogen) atoms. The van der Waals surface area contributed by atoms with Gasteiger partial charge in [-0.3, -0.25) is 9.59 Å². The second-order valence-electron chi connectivity index (χ2n) is 3.82. The number of carboxylic acids is 1. The third-order valence-corrected chi connectivity index (χ3v) is 2.42. The molecule has 0 aromatic rings. The molecule has 1 aliphatic rings. The predicted molar refractivity (Wildman–Crippen MR) is 53.3 cm³/mol. The highest BCUT2D eigenvalue weighted by Gasteiger charge is 2.33. The van der Waals surface area contributed by atoms with Crippen molar-refractivity contribution < 1.29 is 19.8 Å². The molecule has 0 heterocycles. The first-order valence-electron chi connectivity index (χ1n) is 5.26. The van der Waals surface area contributed by atoms with Crippen molar-refractivity contribution in [2.45, 2.75) is 25.7 Å². The topological polar surface area (TPSA) is 77.8 Å². The highest BCUT2D eigenvalue weighted by Crippen LogP contribution is 2.31. The van der Waals surface area contributed by atoms with Crippen molar-refractivity contribution in [1.82, 2.24) is 4.90 Å². The van der Waals surface area contributed by atoms with E-state index in [1.54, 1.807) is 4.90 Å². The molecule has 0 aromatic heterocycles. The van der Waals surface area contributed by atoms with Crippen LogP contribution in [0.1, 0.15) is 25.7 Å². The van der Waals surface area contributed by atoms with Gasteiger partial charge in [-0.15, -0.1) is 0 Å². The van der Waals surface area contributed by atoms with Gasteiger partial charge >= 0.3 is 5.97 Å². The van der Waals surface area contributed by atoms with Crippen molar-refractivity contribution in [3.63, 3.8) is 0 Å². The standard InChI is InChI=1S/C10H17NO4/c12-7-1-5-11(6-4-9(13)14)10(15)8-2-3-8/h8,12H,1-7H2,(H,13,14). The number of aliphatic carboxylic acids is 1. The molecule has 1 rings (SSSR count). The average Bonchev–Trinajstić information content (AvgIpc) is 3.00. The summed E-state index contributed by atoms with van der Waals surface area (Å²) in [5, 5.41) is 17.2. The first-order valence-corrected chi connectivity index (χ1v) is 5.26. The van der Waals surface area contributed by atoms with Gasteiger partial charge < -0.3 is 15.1 Å². The van der Waals surface area contributed by atoms with E-state index in [1.807, 2.05) is 0 Å². The zero-order chi connectivity index (χ0) is 11.3. The molecule has 1 fully saturated rings. The smallest absolute Gasteiger partial charge is 0.305 e. The summed E-state index contributed by atoms with van der Waals surface area (Å²) in [6.07, 6.45) is 2.32. The predicted octanol–water partition coefficient (Wildman–Crippen LogP) is 0.0821. The lowest BCUT2D eigenvalue weighted by Crippen LogP contribution is -2.35. The lowest BCUT2D eigenvalue weighted by atomic mass is 10.3. The Kier molecular flexibility index (Phi) is 4.55. The third-order valence-electron chi connectivity index (χ3n) is 2.42. The fourth-order valence-electron chi connectivity index (χ4n) is 1.41. The zero-order valence-electron chi connectivity index (χ0n) is 8.69. The maximum Gasteiger partial charge on any atom is 0.305 e. The maximum absolute atomic E-state index is 11.7. The van der Waals surface area contributed by atoms with Crippen molar-refractivity contribution in [1.29, 1.82) is 0 Å². The number of carbonyl (C=O) groups excluding carboxylic acids is 1. The molecule has 1 aliphatic carbocycles. The Labute approximate surface area is 88.7 Å². The normalized spacial score (nSPS) is 15.0. The van der Waals surface area contributed by atoms with Crippen LogP contribution in [0.3, 0.4) is 0 Å². The number of carboxylic acid groups (broad SMARTS) is 1. The maximum atomic E-state index is 11.7. The number of carbonyl (C=O) groups is 2. The van der Waals surface area contributed by atoms with E-state index in [0.29, 0.717) is 13.0 Å². The van der Waals surface area contributed by atoms with Crippen LogP contribution < -0.4 is 0 Å². The summed E-state index contributed by atoms with van der Waals surface area (Å²) < 4.78 is 0. The molecule has 0 spiro atoms. The molecule has 0 aliphatic heterocycles. The SMILES string of the molecule is O=C(O)CCN(CCCO)C(=O)C1CC1. The number of hydrogen-bond acceptors (Lipinski definition) is 3. The summed E-state index contributed by atoms with van der Waals surface area (Å²) in [5.41, 5.74) is 0. The van der Waals surface area contributed by atoms with Gasteiger partial charge in [-0.25, -0.2) is 0 Å². The molecule has 0 atom stereocenters. The molecular formula is C10H17NO4. The highest BCUT2D eigenvalue weighted by atomic mass is 16.4. The van der Waals surface area contributed by atoms with E-state index >= 15 is 0 Å². The Morgan fingerprint density at radius 2 is 1.93 bits per heavy atom. The first kappa shape index (κ1) is 12.0. The molecule has 5 heteroatoms. The third kappa shape index (κ3) is 4.29. The monoisotopic (exact) mass is 215 g/mol. The summed E-state index contributed by atoms with van der Waals surface area (Å²) >= 11 is 0. The number of nitrogens with zero attached hydrogens (tertiary/aromatic N) is 1. The van der Waals surface area contributed by atoms with Crippen LogP contribution in [-0.2, 0) is 9.59 Å². The van der Waals surface area contributed by atoms with Crippen LogP contribution in [0, 0.1) is 5.92 Å². The van der Waals surface area contributed by atoms with Crippen LogP contribution in [0.15, 0.2) is 0 Å². The van der Waals surface area contributed by atoms with Gasteiger partial charge in [0, 0.05) is 25.6 Å². The van der Waals surface area contributed by atoms with Crippen LogP contribution >= 0.6 is 0 Å². The molecule has 1 amide bonds. The summed E-state index contributed by atoms with van der Waals surface area (Å²) in [5.74, 6) is -0.741. The van der Waals surface area contributed by atoms with Gasteiger partial charge in [0.05, 0.1) is 6.42 Å². The van der Waals surface area contributed by atoms with Crippen LogP contribution in [0.25, 0.3) is 0 Å². The molecule has 1 saturated carbocycles. The Morgan fingerprint density at radius 3 is 2.40 bits per heavy atom. The van der Waals surface area contributed by atoms with Crippen molar-refractivity contribution in [3.8, 4) is 0 Å². The second kappa shape index (κ2) is 5.70. The summed E-state index contributed by atoms with van der Waals surface area (Å²) in [7, 11) is 0. The molecule has 2 N–H and O–H groups in total. The molecular weight excluding hydrogens is 198 g/mol. The number of hydrogen-bond donors (Lipinski definition) is 2. The summed E-state index contributed by atoms with van der Waals surface area (Å²) in [4.78, 5) is 23.6. The lowest BCUT2D eigenvalue weighted by Gasteiger charge is -2.21. The van der Waals surface area contributed by atoms with E-state index in [2.05, 4.69) is 0 Å². The molecule has 86 valence electrons. The van der Waals surface area contributed by atoms with Gasteiger partial charge in [-0.2, -0.15) is 0 Å². The van der Waals surface area contributed by atoms with Crippen molar-refractivity contribution in [2.24, 2.45) is 5.92 Å². The molecule has 0 bridgehead atoms. The van der Waals surface area contributed by atoms with Crippen molar-refractivity contribution in [3.05, 3.63) is 0 Å². The fourth-order valence-corrected chi connectivity index (χ4v) is 1.41. The van der Waals surface area contributed by atoms with E-state index < -0.39 is 5.97 Å². The number of aliphatic hydroxyl groups excluding tert-OH is 1. The van der Waals surface area contributed by atoms with Crippen molar-refractivity contribution >= 4 is 11.9 Å². The second-order valence-corrected chi connectivity index (χ2v) is 3.82. The quantitative estimate of drug-likeness (QED) is 0.630. The molecule has 5 nitrogen and oxygen atoms in total. The van der Waals surface area contributed by atoms with E-state index in [-0.39, 0.29) is 31.4 Å². The number of rotatable bonds is 7. The van der Waals surface area contributed by atoms with Crippen molar-refractivity contribution in [2.75, 3.05) is 19.7 Å². The highest BCUT2D eigenvalue weighted by molar-refractivity contribution is 5.81. The Hall–Kier alpha value is -1.10. The zero-order valence-corrected chi connectivity index (χ0v) is 8.69. The van der Waals surface area contributed by atoms with Crippen LogP contribution in [0.5, 0.6) is 0 Å². The first-order chi connectivity index (χ1) is 7.15. The minimum atomic E-state index is -0.896. The largest absolute Gasteiger partial charge is 0.481 e. The van der Waals surface area contributed by atoms with Gasteiger partial charge in [0.1, 0.15) is 0 Å². The number of amides is 1. The van der Waals surface area contributed by atoms with E-state index in [9.17, 15) is 9.59 Å². The Morgan fingerprint density at radius 1 is 1.27 bits per heavy atom. The minimum Gasteiger partial charge on any atom is -0.481 e. The van der Waals surface area contributed by atoms with Gasteiger partial charge in [-0.1, -0.05) is 0 Å². The van der Waals surface area contributed by atoms with Gasteiger partial charge in [0.25, 0.3) is 0 Å². The van der Waals surface area contributed by atoms with Crippen LogP contribution in [0.2, 0.25) is 0 Å². The molecule has 0 aromatic carbocycles. The van der Waals surface area contributed by atoms with E-state index in [0.717, 1.165) is 12.8 Å². The average molecular weight is 215 g/mol. The van der Waals surface area contributed by atoms with Crippen LogP contribution in [-0.4, -0.2) is 46.7 Å². The molecule has 0 saturated heterocycles. The minimum absolute atomic E-state index is 0.0239. The summed E-state index contributed by atoms with van der Waals surface area (Å²) in [6.45, 7) is 0.741. The Bertz CT molecular complexity index is 238. The van der Waals surface area contributed by atoms with Gasteiger partial charge in [-0.05, 0) is 19.3 Å². The van der Waals surface area contributed by atoms with Gasteiger partial charge in [0.15, 0.2) is 0 Å². The summed E-state index contributed by atoms with van der Waals surface area (Å²) in [6, 6.07) is 0. The van der Waals surface area contributed by atoms with Crippen LogP contribution in [0.4, 0.5) is 0 Å². The Balaban J connectivity index is 2.36. The fraction of sp³-hybridized carbons (Fsp3) is 0.800. The molecule has 0 unspecified atom stereocenters. The lowest BCUT2D eigenvalue weighted by molar-refractivity contribution is -0.138. The molecule has 0 radical (unpaired) electrons. The van der Waals surface area contributed by atoms with E-state index in [1.165, 1.54) is 0 Å². The van der Waals surface area contributed by atoms with E-state index in [4.69, 9.17) is 10.2 Å². The van der Waals surface area contributed by atoms with Gasteiger partial charge in [0.2, 0.25) is 5.91 Å².